The molecule has 0 aliphatic heterocycles. The number of hydrogen-bond donors (Lipinski definition) is 2. The Labute approximate surface area is 119 Å². The van der Waals surface area contributed by atoms with Gasteiger partial charge in [0, 0.05) is 11.4 Å². The SMILES string of the molecule is C=CC=C(C)NC(=O)Nc1ccc(Cl)c(C(F)(F)F)c1. The maximum atomic E-state index is 12.6. The summed E-state index contributed by atoms with van der Waals surface area (Å²) in [7, 11) is 0. The zero-order valence-corrected chi connectivity index (χ0v) is 11.3. The number of benzene rings is 1. The van der Waals surface area contributed by atoms with E-state index in [1.807, 2.05) is 0 Å². The third kappa shape index (κ3) is 4.62. The highest BCUT2D eigenvalue weighted by atomic mass is 35.5. The Morgan fingerprint density at radius 3 is 2.60 bits per heavy atom. The Kier molecular flexibility index (Phi) is 5.21. The number of nitrogens with one attached hydrogen (secondary N) is 2. The fourth-order valence-corrected chi connectivity index (χ4v) is 1.60. The Morgan fingerprint density at radius 1 is 1.40 bits per heavy atom. The molecule has 0 radical (unpaired) electrons. The van der Waals surface area contributed by atoms with Gasteiger partial charge >= 0.3 is 12.2 Å². The minimum Gasteiger partial charge on any atom is -0.312 e. The highest BCUT2D eigenvalue weighted by molar-refractivity contribution is 6.31. The molecule has 3 nitrogen and oxygen atoms in total. The van der Waals surface area contributed by atoms with Gasteiger partial charge in [0.05, 0.1) is 10.6 Å². The first-order valence-electron chi connectivity index (χ1n) is 5.48. The summed E-state index contributed by atoms with van der Waals surface area (Å²) in [5, 5.41) is 4.29. The van der Waals surface area contributed by atoms with Crippen molar-refractivity contribution in [2.45, 2.75) is 13.1 Å². The molecule has 20 heavy (non-hydrogen) atoms. The standard InChI is InChI=1S/C13H12ClF3N2O/c1-3-4-8(2)18-12(20)19-9-5-6-11(14)10(7-9)13(15,16)17/h3-7H,1H2,2H3,(H2,18,19,20). The Bertz CT molecular complexity index is 553. The van der Waals surface area contributed by atoms with Crippen LogP contribution in [0.3, 0.4) is 0 Å². The molecule has 0 aliphatic rings. The first kappa shape index (κ1) is 16.1. The Balaban J connectivity index is 2.86. The van der Waals surface area contributed by atoms with Crippen LogP contribution in [0.2, 0.25) is 5.02 Å². The first-order chi connectivity index (χ1) is 9.24. The van der Waals surface area contributed by atoms with Gasteiger partial charge in [0.1, 0.15) is 0 Å². The van der Waals surface area contributed by atoms with E-state index in [4.69, 9.17) is 11.6 Å². The van der Waals surface area contributed by atoms with Gasteiger partial charge in [0.25, 0.3) is 0 Å². The van der Waals surface area contributed by atoms with Crippen molar-refractivity contribution in [3.63, 3.8) is 0 Å². The Hall–Kier alpha value is -1.95. The predicted octanol–water partition coefficient (Wildman–Crippen LogP) is 4.57. The fraction of sp³-hybridized carbons (Fsp3) is 0.154. The lowest BCUT2D eigenvalue weighted by Crippen LogP contribution is -2.27. The molecule has 0 bridgehead atoms. The van der Waals surface area contributed by atoms with Crippen LogP contribution in [0.4, 0.5) is 23.7 Å². The van der Waals surface area contributed by atoms with Crippen molar-refractivity contribution in [1.82, 2.24) is 5.32 Å². The van der Waals surface area contributed by atoms with E-state index in [-0.39, 0.29) is 5.69 Å². The van der Waals surface area contributed by atoms with Gasteiger partial charge in [-0.3, -0.25) is 0 Å². The van der Waals surface area contributed by atoms with Crippen LogP contribution in [0, 0.1) is 0 Å². The van der Waals surface area contributed by atoms with Crippen molar-refractivity contribution < 1.29 is 18.0 Å². The van der Waals surface area contributed by atoms with Gasteiger partial charge in [-0.2, -0.15) is 13.2 Å². The number of allylic oxidation sites excluding steroid dienone is 3. The van der Waals surface area contributed by atoms with E-state index in [2.05, 4.69) is 17.2 Å². The van der Waals surface area contributed by atoms with Crippen LogP contribution in [0.25, 0.3) is 0 Å². The van der Waals surface area contributed by atoms with Crippen LogP contribution in [0.15, 0.2) is 42.6 Å². The molecule has 108 valence electrons. The highest BCUT2D eigenvalue weighted by Gasteiger charge is 2.33. The lowest BCUT2D eigenvalue weighted by atomic mass is 10.2. The third-order valence-electron chi connectivity index (χ3n) is 2.21. The van der Waals surface area contributed by atoms with E-state index < -0.39 is 22.8 Å². The molecular formula is C13H12ClF3N2O. The monoisotopic (exact) mass is 304 g/mol. The van der Waals surface area contributed by atoms with Gasteiger partial charge in [0.2, 0.25) is 0 Å². The van der Waals surface area contributed by atoms with Gasteiger partial charge in [0.15, 0.2) is 0 Å². The quantitative estimate of drug-likeness (QED) is 0.789. The number of alkyl halides is 3. The molecule has 0 spiro atoms. The minimum absolute atomic E-state index is 0.00868. The number of rotatable bonds is 3. The molecule has 0 atom stereocenters. The summed E-state index contributed by atoms with van der Waals surface area (Å²) >= 11 is 5.47. The molecule has 1 aromatic rings. The molecule has 7 heteroatoms. The van der Waals surface area contributed by atoms with E-state index in [0.717, 1.165) is 12.1 Å². The average Bonchev–Trinajstić information content (AvgIpc) is 2.30. The fourth-order valence-electron chi connectivity index (χ4n) is 1.38. The minimum atomic E-state index is -4.58. The number of hydrogen-bond acceptors (Lipinski definition) is 1. The van der Waals surface area contributed by atoms with Crippen molar-refractivity contribution in [1.29, 1.82) is 0 Å². The predicted molar refractivity (Wildman–Crippen MR) is 72.6 cm³/mol. The molecule has 0 saturated heterocycles. The number of carbonyl (C=O) groups excluding carboxylic acids is 1. The van der Waals surface area contributed by atoms with Gasteiger partial charge in [-0.25, -0.2) is 4.79 Å². The summed E-state index contributed by atoms with van der Waals surface area (Å²) in [6.45, 7) is 5.07. The van der Waals surface area contributed by atoms with E-state index in [9.17, 15) is 18.0 Å². The number of carbonyl (C=O) groups is 1. The second-order valence-electron chi connectivity index (χ2n) is 3.86. The molecule has 1 rings (SSSR count). The van der Waals surface area contributed by atoms with Crippen LogP contribution in [0.1, 0.15) is 12.5 Å². The second-order valence-corrected chi connectivity index (χ2v) is 4.26. The second kappa shape index (κ2) is 6.47. The maximum Gasteiger partial charge on any atom is 0.417 e. The molecule has 0 heterocycles. The summed E-state index contributed by atoms with van der Waals surface area (Å²) in [4.78, 5) is 11.5. The summed E-state index contributed by atoms with van der Waals surface area (Å²) in [6, 6.07) is 2.47. The van der Waals surface area contributed by atoms with E-state index >= 15 is 0 Å². The number of anilines is 1. The zero-order chi connectivity index (χ0) is 15.3. The maximum absolute atomic E-state index is 12.6. The van der Waals surface area contributed by atoms with Crippen molar-refractivity contribution in [2.24, 2.45) is 0 Å². The summed E-state index contributed by atoms with van der Waals surface area (Å²) in [5.74, 6) is 0. The summed E-state index contributed by atoms with van der Waals surface area (Å²) in [5.41, 5.74) is -0.511. The largest absolute Gasteiger partial charge is 0.417 e. The number of urea groups is 1. The van der Waals surface area contributed by atoms with Gasteiger partial charge in [-0.1, -0.05) is 24.3 Å². The van der Waals surface area contributed by atoms with Crippen LogP contribution < -0.4 is 10.6 Å². The molecule has 2 N–H and O–H groups in total. The van der Waals surface area contributed by atoms with Crippen LogP contribution in [0.5, 0.6) is 0 Å². The molecule has 0 aromatic heterocycles. The normalized spacial score (nSPS) is 11.9. The molecular weight excluding hydrogens is 293 g/mol. The molecule has 1 aromatic carbocycles. The van der Waals surface area contributed by atoms with Gasteiger partial charge in [-0.05, 0) is 31.2 Å². The van der Waals surface area contributed by atoms with Gasteiger partial charge < -0.3 is 10.6 Å². The van der Waals surface area contributed by atoms with E-state index in [1.165, 1.54) is 12.1 Å². The summed E-state index contributed by atoms with van der Waals surface area (Å²) in [6.07, 6.45) is -1.56. The Morgan fingerprint density at radius 2 is 2.05 bits per heavy atom. The molecule has 0 unspecified atom stereocenters. The summed E-state index contributed by atoms with van der Waals surface area (Å²) < 4.78 is 37.9. The number of halogens is 4. The van der Waals surface area contributed by atoms with Crippen LogP contribution in [-0.4, -0.2) is 6.03 Å². The van der Waals surface area contributed by atoms with Crippen LogP contribution in [-0.2, 0) is 6.18 Å². The zero-order valence-electron chi connectivity index (χ0n) is 10.5. The molecule has 0 aliphatic carbocycles. The number of amides is 2. The van der Waals surface area contributed by atoms with Crippen molar-refractivity contribution in [3.8, 4) is 0 Å². The van der Waals surface area contributed by atoms with Crippen molar-refractivity contribution >= 4 is 23.3 Å². The lowest BCUT2D eigenvalue weighted by Gasteiger charge is -2.12. The molecule has 0 fully saturated rings. The van der Waals surface area contributed by atoms with Gasteiger partial charge in [-0.15, -0.1) is 0 Å². The lowest BCUT2D eigenvalue weighted by molar-refractivity contribution is -0.137. The topological polar surface area (TPSA) is 41.1 Å². The molecule has 2 amide bonds. The van der Waals surface area contributed by atoms with Crippen LogP contribution >= 0.6 is 11.6 Å². The third-order valence-corrected chi connectivity index (χ3v) is 2.54. The average molecular weight is 305 g/mol. The molecule has 0 saturated carbocycles. The first-order valence-corrected chi connectivity index (χ1v) is 5.86. The van der Waals surface area contributed by atoms with Crippen molar-refractivity contribution in [3.05, 3.63) is 53.2 Å². The smallest absolute Gasteiger partial charge is 0.312 e. The van der Waals surface area contributed by atoms with E-state index in [1.54, 1.807) is 13.0 Å². The van der Waals surface area contributed by atoms with Crippen molar-refractivity contribution in [2.75, 3.05) is 5.32 Å². The van der Waals surface area contributed by atoms with E-state index in [0.29, 0.717) is 5.70 Å². The highest BCUT2D eigenvalue weighted by Crippen LogP contribution is 2.36.